The van der Waals surface area contributed by atoms with Gasteiger partial charge in [0.05, 0.1) is 10.6 Å². The highest BCUT2D eigenvalue weighted by atomic mass is 35.5. The first-order chi connectivity index (χ1) is 10.1. The van der Waals surface area contributed by atoms with Gasteiger partial charge in [-0.3, -0.25) is 0 Å². The van der Waals surface area contributed by atoms with Crippen LogP contribution in [0.2, 0.25) is 5.02 Å². The summed E-state index contributed by atoms with van der Waals surface area (Å²) in [7, 11) is 0. The smallest absolute Gasteiger partial charge is 0.337 e. The Kier molecular flexibility index (Phi) is 8.83. The molecule has 1 aromatic heterocycles. The normalized spacial score (nSPS) is 10.6. The second-order valence-corrected chi connectivity index (χ2v) is 5.66. The first-order valence-corrected chi connectivity index (χ1v) is 8.15. The van der Waals surface area contributed by atoms with Gasteiger partial charge in [-0.1, -0.05) is 63.5 Å². The molecule has 0 fully saturated rings. The molecule has 0 bridgehead atoms. The van der Waals surface area contributed by atoms with E-state index < -0.39 is 5.97 Å². The lowest BCUT2D eigenvalue weighted by Gasteiger charge is -2.07. The Morgan fingerprint density at radius 1 is 1.19 bits per heavy atom. The zero-order chi connectivity index (χ0) is 15.5. The zero-order valence-corrected chi connectivity index (χ0v) is 13.5. The fraction of sp³-hybridized carbons (Fsp3) is 0.625. The Bertz CT molecular complexity index is 438. The number of unbranched alkanes of at least 4 members (excludes halogenated alkanes) is 7. The highest BCUT2D eigenvalue weighted by Crippen LogP contribution is 2.18. The molecule has 0 aromatic carbocycles. The van der Waals surface area contributed by atoms with Crippen molar-refractivity contribution in [1.29, 1.82) is 0 Å². The van der Waals surface area contributed by atoms with Crippen LogP contribution in [0.25, 0.3) is 0 Å². The first kappa shape index (κ1) is 17.8. The molecule has 0 unspecified atom stereocenters. The lowest BCUT2D eigenvalue weighted by Crippen LogP contribution is -2.06. The van der Waals surface area contributed by atoms with Crippen LogP contribution in [0.3, 0.4) is 0 Å². The van der Waals surface area contributed by atoms with Gasteiger partial charge in [-0.05, 0) is 12.5 Å². The van der Waals surface area contributed by atoms with Crippen molar-refractivity contribution in [2.45, 2.75) is 58.3 Å². The van der Waals surface area contributed by atoms with E-state index in [2.05, 4.69) is 17.2 Å². The summed E-state index contributed by atoms with van der Waals surface area (Å²) in [6.07, 6.45) is 11.5. The molecule has 0 radical (unpaired) electrons. The molecular formula is C16H25ClN2O2. The second kappa shape index (κ2) is 10.4. The van der Waals surface area contributed by atoms with Crippen LogP contribution < -0.4 is 5.32 Å². The van der Waals surface area contributed by atoms with Gasteiger partial charge in [-0.2, -0.15) is 0 Å². The minimum absolute atomic E-state index is 0.0880. The Labute approximate surface area is 131 Å². The van der Waals surface area contributed by atoms with Crippen molar-refractivity contribution in [3.8, 4) is 0 Å². The number of pyridine rings is 1. The third-order valence-electron chi connectivity index (χ3n) is 3.42. The predicted octanol–water partition coefficient (Wildman–Crippen LogP) is 4.99. The summed E-state index contributed by atoms with van der Waals surface area (Å²) >= 11 is 5.77. The molecule has 4 nitrogen and oxygen atoms in total. The van der Waals surface area contributed by atoms with E-state index in [0.717, 1.165) is 13.0 Å². The lowest BCUT2D eigenvalue weighted by molar-refractivity contribution is 0.0697. The number of halogens is 1. The van der Waals surface area contributed by atoms with Crippen LogP contribution in [0.1, 0.15) is 68.6 Å². The summed E-state index contributed by atoms with van der Waals surface area (Å²) in [6.45, 7) is 3.04. The summed E-state index contributed by atoms with van der Waals surface area (Å²) in [4.78, 5) is 15.0. The van der Waals surface area contributed by atoms with Gasteiger partial charge < -0.3 is 10.4 Å². The molecule has 0 aliphatic carbocycles. The quantitative estimate of drug-likeness (QED) is 0.565. The molecule has 1 heterocycles. The average molecular weight is 313 g/mol. The summed E-state index contributed by atoms with van der Waals surface area (Å²) < 4.78 is 0. The third-order valence-corrected chi connectivity index (χ3v) is 3.72. The average Bonchev–Trinajstić information content (AvgIpc) is 2.47. The first-order valence-electron chi connectivity index (χ1n) is 7.78. The fourth-order valence-electron chi connectivity index (χ4n) is 2.17. The number of carboxylic acid groups (broad SMARTS) is 1. The van der Waals surface area contributed by atoms with Crippen LogP contribution in [-0.4, -0.2) is 22.6 Å². The van der Waals surface area contributed by atoms with E-state index in [9.17, 15) is 4.79 Å². The molecular weight excluding hydrogens is 288 g/mol. The van der Waals surface area contributed by atoms with Crippen LogP contribution in [0.4, 0.5) is 5.82 Å². The summed E-state index contributed by atoms with van der Waals surface area (Å²) in [5.74, 6) is -0.461. The van der Waals surface area contributed by atoms with Crippen molar-refractivity contribution < 1.29 is 9.90 Å². The van der Waals surface area contributed by atoms with Crippen LogP contribution in [0.5, 0.6) is 0 Å². The third kappa shape index (κ3) is 7.32. The predicted molar refractivity (Wildman–Crippen MR) is 87.3 cm³/mol. The van der Waals surface area contributed by atoms with Gasteiger partial charge in [-0.25, -0.2) is 9.78 Å². The largest absolute Gasteiger partial charge is 0.478 e. The fourth-order valence-corrected chi connectivity index (χ4v) is 2.36. The summed E-state index contributed by atoms with van der Waals surface area (Å²) in [5, 5.41) is 12.3. The van der Waals surface area contributed by atoms with Gasteiger partial charge in [-0.15, -0.1) is 0 Å². The molecule has 0 saturated carbocycles. The SMILES string of the molecule is CCCCCCCCCCNc1cc(C(=O)O)c(Cl)cn1. The molecule has 0 aliphatic heterocycles. The molecule has 0 saturated heterocycles. The van der Waals surface area contributed by atoms with Crippen molar-refractivity contribution in [2.75, 3.05) is 11.9 Å². The van der Waals surface area contributed by atoms with Gasteiger partial charge in [0.1, 0.15) is 5.82 Å². The molecule has 2 N–H and O–H groups in total. The molecule has 5 heteroatoms. The molecule has 0 aliphatic rings. The number of nitrogens with one attached hydrogen (secondary N) is 1. The zero-order valence-electron chi connectivity index (χ0n) is 12.7. The number of hydrogen-bond acceptors (Lipinski definition) is 3. The number of anilines is 1. The van der Waals surface area contributed by atoms with E-state index in [-0.39, 0.29) is 10.6 Å². The van der Waals surface area contributed by atoms with Crippen molar-refractivity contribution >= 4 is 23.4 Å². The number of carboxylic acids is 1. The maximum absolute atomic E-state index is 11.0. The number of aromatic nitrogens is 1. The molecule has 0 amide bonds. The Balaban J connectivity index is 2.16. The highest BCUT2D eigenvalue weighted by molar-refractivity contribution is 6.33. The summed E-state index contributed by atoms with van der Waals surface area (Å²) in [5.41, 5.74) is 0.0880. The van der Waals surface area contributed by atoms with Gasteiger partial charge >= 0.3 is 5.97 Å². The molecule has 1 rings (SSSR count). The minimum Gasteiger partial charge on any atom is -0.478 e. The Morgan fingerprint density at radius 2 is 1.81 bits per heavy atom. The molecule has 1 aromatic rings. The number of rotatable bonds is 11. The van der Waals surface area contributed by atoms with Crippen LogP contribution >= 0.6 is 11.6 Å². The molecule has 21 heavy (non-hydrogen) atoms. The van der Waals surface area contributed by atoms with E-state index in [1.807, 2.05) is 0 Å². The monoisotopic (exact) mass is 312 g/mol. The van der Waals surface area contributed by atoms with Gasteiger partial charge in [0.15, 0.2) is 0 Å². The van der Waals surface area contributed by atoms with Gasteiger partial charge in [0.2, 0.25) is 0 Å². The van der Waals surface area contributed by atoms with E-state index in [0.29, 0.717) is 5.82 Å². The van der Waals surface area contributed by atoms with Gasteiger partial charge in [0, 0.05) is 12.7 Å². The molecule has 0 spiro atoms. The minimum atomic E-state index is -1.03. The standard InChI is InChI=1S/C16H25ClN2O2/c1-2-3-4-5-6-7-8-9-10-18-15-11-13(16(20)21)14(17)12-19-15/h11-12H,2-10H2,1H3,(H,18,19)(H,20,21). The highest BCUT2D eigenvalue weighted by Gasteiger charge is 2.09. The second-order valence-electron chi connectivity index (χ2n) is 5.26. The van der Waals surface area contributed by atoms with E-state index in [4.69, 9.17) is 16.7 Å². The van der Waals surface area contributed by atoms with Crippen molar-refractivity contribution in [2.24, 2.45) is 0 Å². The topological polar surface area (TPSA) is 62.2 Å². The van der Waals surface area contributed by atoms with Crippen LogP contribution in [0.15, 0.2) is 12.3 Å². The maximum atomic E-state index is 11.0. The maximum Gasteiger partial charge on any atom is 0.337 e. The Morgan fingerprint density at radius 3 is 2.43 bits per heavy atom. The van der Waals surface area contributed by atoms with Crippen LogP contribution in [0, 0.1) is 0 Å². The number of hydrogen-bond donors (Lipinski definition) is 2. The molecule has 118 valence electrons. The van der Waals surface area contributed by atoms with Crippen LogP contribution in [-0.2, 0) is 0 Å². The van der Waals surface area contributed by atoms with Crippen molar-refractivity contribution in [3.63, 3.8) is 0 Å². The van der Waals surface area contributed by atoms with E-state index in [1.165, 1.54) is 57.2 Å². The number of nitrogens with zero attached hydrogens (tertiary/aromatic N) is 1. The van der Waals surface area contributed by atoms with Gasteiger partial charge in [0.25, 0.3) is 0 Å². The van der Waals surface area contributed by atoms with Crippen molar-refractivity contribution in [3.05, 3.63) is 22.8 Å². The number of aromatic carboxylic acids is 1. The molecule has 0 atom stereocenters. The number of carbonyl (C=O) groups is 1. The van der Waals surface area contributed by atoms with E-state index in [1.54, 1.807) is 0 Å². The lowest BCUT2D eigenvalue weighted by atomic mass is 10.1. The Hall–Kier alpha value is -1.29. The summed E-state index contributed by atoms with van der Waals surface area (Å²) in [6, 6.07) is 1.48. The van der Waals surface area contributed by atoms with Crippen molar-refractivity contribution in [1.82, 2.24) is 4.98 Å². The van der Waals surface area contributed by atoms with E-state index >= 15 is 0 Å².